The molecule has 0 radical (unpaired) electrons. The van der Waals surface area contributed by atoms with Gasteiger partial charge in [0.05, 0.1) is 6.10 Å². The molecule has 19 heavy (non-hydrogen) atoms. The van der Waals surface area contributed by atoms with Crippen LogP contribution in [-0.2, 0) is 19.1 Å². The second-order valence-corrected chi connectivity index (χ2v) is 4.98. The Morgan fingerprint density at radius 2 is 1.32 bits per heavy atom. The molecular weight excluding hydrogens is 248 g/mol. The Morgan fingerprint density at radius 3 is 1.63 bits per heavy atom. The smallest absolute Gasteiger partial charge is 0.333 e. The monoisotopic (exact) mass is 268 g/mol. The zero-order valence-corrected chi connectivity index (χ0v) is 11.3. The van der Waals surface area contributed by atoms with Crippen LogP contribution in [-0.4, -0.2) is 35.4 Å². The predicted octanol–water partition coefficient (Wildman–Crippen LogP) is 1.51. The lowest BCUT2D eigenvalue weighted by atomic mass is 9.92. The molecule has 1 fully saturated rings. The maximum Gasteiger partial charge on any atom is 0.333 e. The maximum absolute atomic E-state index is 11.4. The summed E-state index contributed by atoms with van der Waals surface area (Å²) in [7, 11) is 0. The molecule has 106 valence electrons. The molecular formula is C14H20O5. The summed E-state index contributed by atoms with van der Waals surface area (Å²) in [6.07, 6.45) is -0.499. The Bertz CT molecular complexity index is 363. The van der Waals surface area contributed by atoms with Gasteiger partial charge in [0.2, 0.25) is 0 Å². The molecule has 1 aliphatic carbocycles. The summed E-state index contributed by atoms with van der Waals surface area (Å²) in [5.74, 6) is -0.992. The van der Waals surface area contributed by atoms with E-state index in [0.29, 0.717) is 30.4 Å². The van der Waals surface area contributed by atoms with E-state index >= 15 is 0 Å². The molecule has 1 N–H and O–H groups in total. The lowest BCUT2D eigenvalue weighted by Crippen LogP contribution is -2.38. The average molecular weight is 268 g/mol. The molecule has 1 saturated carbocycles. The highest BCUT2D eigenvalue weighted by molar-refractivity contribution is 5.87. The van der Waals surface area contributed by atoms with Crippen LogP contribution in [0.3, 0.4) is 0 Å². The quantitative estimate of drug-likeness (QED) is 0.618. The van der Waals surface area contributed by atoms with Crippen LogP contribution >= 0.6 is 0 Å². The summed E-state index contributed by atoms with van der Waals surface area (Å²) in [4.78, 5) is 22.9. The van der Waals surface area contributed by atoms with Crippen LogP contribution in [0.2, 0.25) is 0 Å². The number of carbonyl (C=O) groups excluding carboxylic acids is 2. The zero-order valence-electron chi connectivity index (χ0n) is 11.3. The fourth-order valence-electron chi connectivity index (χ4n) is 1.89. The summed E-state index contributed by atoms with van der Waals surface area (Å²) < 4.78 is 10.4. The molecule has 0 heterocycles. The first kappa shape index (κ1) is 15.4. The van der Waals surface area contributed by atoms with Crippen molar-refractivity contribution < 1.29 is 24.2 Å². The van der Waals surface area contributed by atoms with E-state index in [4.69, 9.17) is 9.47 Å². The molecule has 0 aromatic rings. The highest BCUT2D eigenvalue weighted by atomic mass is 16.6. The summed E-state index contributed by atoms with van der Waals surface area (Å²) in [6, 6.07) is 0. The van der Waals surface area contributed by atoms with Gasteiger partial charge in [-0.3, -0.25) is 0 Å². The third-order valence-corrected chi connectivity index (χ3v) is 2.84. The van der Waals surface area contributed by atoms with Crippen molar-refractivity contribution in [2.75, 3.05) is 0 Å². The maximum atomic E-state index is 11.4. The molecule has 0 bridgehead atoms. The topological polar surface area (TPSA) is 72.8 Å². The highest BCUT2D eigenvalue weighted by Gasteiger charge is 2.32. The van der Waals surface area contributed by atoms with Crippen molar-refractivity contribution >= 4 is 11.9 Å². The van der Waals surface area contributed by atoms with Gasteiger partial charge in [-0.2, -0.15) is 0 Å². The number of rotatable bonds is 4. The van der Waals surface area contributed by atoms with Crippen molar-refractivity contribution in [2.45, 2.75) is 51.4 Å². The molecule has 0 aliphatic heterocycles. The Balaban J connectivity index is 2.57. The van der Waals surface area contributed by atoms with E-state index in [1.54, 1.807) is 13.8 Å². The van der Waals surface area contributed by atoms with Crippen LogP contribution in [0.4, 0.5) is 0 Å². The first-order valence-electron chi connectivity index (χ1n) is 6.20. The van der Waals surface area contributed by atoms with Gasteiger partial charge >= 0.3 is 11.9 Å². The van der Waals surface area contributed by atoms with Gasteiger partial charge in [-0.1, -0.05) is 13.2 Å². The lowest BCUT2D eigenvalue weighted by Gasteiger charge is -2.31. The molecule has 1 rings (SSSR count). The predicted molar refractivity (Wildman–Crippen MR) is 69.2 cm³/mol. The van der Waals surface area contributed by atoms with E-state index in [1.807, 2.05) is 0 Å². The SMILES string of the molecule is C=C(C)C(=O)OC1CC(O)CC(OC(=O)C(=C)C)C1. The van der Waals surface area contributed by atoms with Crippen molar-refractivity contribution in [1.29, 1.82) is 0 Å². The summed E-state index contributed by atoms with van der Waals surface area (Å²) >= 11 is 0. The first-order valence-corrected chi connectivity index (χ1v) is 6.20. The summed E-state index contributed by atoms with van der Waals surface area (Å²) in [6.45, 7) is 10.1. The molecule has 0 aromatic carbocycles. The third kappa shape index (κ3) is 4.87. The van der Waals surface area contributed by atoms with Crippen LogP contribution in [0.1, 0.15) is 33.1 Å². The standard InChI is InChI=1S/C14H20O5/c1-8(2)13(16)18-11-5-10(15)6-12(7-11)19-14(17)9(3)4/h10-12,15H,1,3,5-7H2,2,4H3. The number of hydrogen-bond donors (Lipinski definition) is 1. The number of hydrogen-bond acceptors (Lipinski definition) is 5. The fourth-order valence-corrected chi connectivity index (χ4v) is 1.89. The van der Waals surface area contributed by atoms with Crippen LogP contribution in [0, 0.1) is 0 Å². The van der Waals surface area contributed by atoms with Gasteiger partial charge in [0.1, 0.15) is 12.2 Å². The second kappa shape index (κ2) is 6.52. The van der Waals surface area contributed by atoms with Gasteiger partial charge in [0.25, 0.3) is 0 Å². The molecule has 0 saturated heterocycles. The third-order valence-electron chi connectivity index (χ3n) is 2.84. The zero-order chi connectivity index (χ0) is 14.6. The van der Waals surface area contributed by atoms with Gasteiger partial charge in [-0.25, -0.2) is 9.59 Å². The Hall–Kier alpha value is -1.62. The summed E-state index contributed by atoms with van der Waals surface area (Å²) in [5, 5.41) is 9.73. The molecule has 0 spiro atoms. The van der Waals surface area contributed by atoms with Crippen molar-refractivity contribution in [3.05, 3.63) is 24.3 Å². The second-order valence-electron chi connectivity index (χ2n) is 4.98. The van der Waals surface area contributed by atoms with Crippen molar-refractivity contribution in [1.82, 2.24) is 0 Å². The molecule has 1 aliphatic rings. The number of ether oxygens (including phenoxy) is 2. The number of aliphatic hydroxyl groups is 1. The molecule has 0 aromatic heterocycles. The van der Waals surface area contributed by atoms with E-state index in [0.717, 1.165) is 0 Å². The molecule has 2 atom stereocenters. The summed E-state index contributed by atoms with van der Waals surface area (Å²) in [5.41, 5.74) is 0.603. The van der Waals surface area contributed by atoms with Gasteiger partial charge < -0.3 is 14.6 Å². The minimum absolute atomic E-state index is 0.301. The van der Waals surface area contributed by atoms with E-state index in [9.17, 15) is 14.7 Å². The lowest BCUT2D eigenvalue weighted by molar-refractivity contribution is -0.158. The number of aliphatic hydroxyl groups excluding tert-OH is 1. The van der Waals surface area contributed by atoms with Gasteiger partial charge in [0, 0.05) is 30.4 Å². The number of esters is 2. The molecule has 5 heteroatoms. The van der Waals surface area contributed by atoms with E-state index in [-0.39, 0.29) is 0 Å². The van der Waals surface area contributed by atoms with Crippen LogP contribution < -0.4 is 0 Å². The van der Waals surface area contributed by atoms with E-state index in [2.05, 4.69) is 13.2 Å². The van der Waals surface area contributed by atoms with Crippen LogP contribution in [0.15, 0.2) is 24.3 Å². The minimum atomic E-state index is -0.653. The Labute approximate surface area is 112 Å². The van der Waals surface area contributed by atoms with Crippen LogP contribution in [0.5, 0.6) is 0 Å². The van der Waals surface area contributed by atoms with E-state index in [1.165, 1.54) is 0 Å². The van der Waals surface area contributed by atoms with Crippen molar-refractivity contribution in [3.8, 4) is 0 Å². The number of carbonyl (C=O) groups is 2. The largest absolute Gasteiger partial charge is 0.459 e. The van der Waals surface area contributed by atoms with Crippen molar-refractivity contribution in [2.24, 2.45) is 0 Å². The van der Waals surface area contributed by atoms with Crippen molar-refractivity contribution in [3.63, 3.8) is 0 Å². The average Bonchev–Trinajstić information content (AvgIpc) is 2.27. The fraction of sp³-hybridized carbons (Fsp3) is 0.571. The van der Waals surface area contributed by atoms with Gasteiger partial charge in [0.15, 0.2) is 0 Å². The Kier molecular flexibility index (Phi) is 5.30. The van der Waals surface area contributed by atoms with Crippen LogP contribution in [0.25, 0.3) is 0 Å². The highest BCUT2D eigenvalue weighted by Crippen LogP contribution is 2.25. The Morgan fingerprint density at radius 1 is 0.947 bits per heavy atom. The first-order chi connectivity index (χ1) is 8.79. The van der Waals surface area contributed by atoms with Gasteiger partial charge in [-0.15, -0.1) is 0 Å². The molecule has 5 nitrogen and oxygen atoms in total. The van der Waals surface area contributed by atoms with Gasteiger partial charge in [-0.05, 0) is 13.8 Å². The molecule has 2 unspecified atom stereocenters. The molecule has 0 amide bonds. The normalized spacial score (nSPS) is 26.4. The minimum Gasteiger partial charge on any atom is -0.459 e. The van der Waals surface area contributed by atoms with E-state index < -0.39 is 30.3 Å².